The molecule has 3 aromatic carbocycles. The van der Waals surface area contributed by atoms with Gasteiger partial charge in [-0.25, -0.2) is 5.01 Å². The predicted octanol–water partition coefficient (Wildman–Crippen LogP) is 5.18. The van der Waals surface area contributed by atoms with Gasteiger partial charge in [-0.15, -0.1) is 0 Å². The van der Waals surface area contributed by atoms with Gasteiger partial charge >= 0.3 is 0 Å². The molecule has 3 aromatic rings. The van der Waals surface area contributed by atoms with E-state index in [0.717, 1.165) is 16.8 Å². The number of hydrazone groups is 1. The summed E-state index contributed by atoms with van der Waals surface area (Å²) < 4.78 is 5.21. The minimum absolute atomic E-state index is 0.0198. The molecule has 7 nitrogen and oxygen atoms in total. The number of carbonyl (C=O) groups excluding carboxylic acids is 2. The number of thioether (sulfide) groups is 1. The molecule has 2 amide bonds. The molecule has 0 fully saturated rings. The summed E-state index contributed by atoms with van der Waals surface area (Å²) in [5, 5.41) is 9.50. The van der Waals surface area contributed by atoms with E-state index in [0.29, 0.717) is 23.0 Å². The van der Waals surface area contributed by atoms with Crippen LogP contribution >= 0.6 is 11.8 Å². The molecular weight excluding hydrogens is 472 g/mol. The number of aliphatic imine (C=N–C) groups is 1. The molecule has 0 aliphatic carbocycles. The average Bonchev–Trinajstić information content (AvgIpc) is 3.49. The number of benzene rings is 3. The lowest BCUT2D eigenvalue weighted by atomic mass is 9.98. The number of hydrogen-bond donors (Lipinski definition) is 1. The van der Waals surface area contributed by atoms with Gasteiger partial charge in [-0.3, -0.25) is 9.59 Å². The van der Waals surface area contributed by atoms with Crippen LogP contribution in [0.25, 0.3) is 0 Å². The van der Waals surface area contributed by atoms with Crippen LogP contribution in [-0.2, 0) is 9.59 Å². The fourth-order valence-electron chi connectivity index (χ4n) is 4.23. The highest BCUT2D eigenvalue weighted by Gasteiger charge is 2.39. The Bertz CT molecular complexity index is 1340. The Labute approximate surface area is 214 Å². The second-order valence-electron chi connectivity index (χ2n) is 8.71. The van der Waals surface area contributed by atoms with Crippen LogP contribution in [0.1, 0.15) is 35.6 Å². The van der Waals surface area contributed by atoms with Crippen molar-refractivity contribution >= 4 is 40.1 Å². The lowest BCUT2D eigenvalue weighted by Gasteiger charge is -2.23. The lowest BCUT2D eigenvalue weighted by Crippen LogP contribution is -2.25. The molecule has 0 saturated heterocycles. The molecule has 2 heterocycles. The summed E-state index contributed by atoms with van der Waals surface area (Å²) in [6.45, 7) is 2.05. The van der Waals surface area contributed by atoms with E-state index in [-0.39, 0.29) is 24.3 Å². The van der Waals surface area contributed by atoms with E-state index >= 15 is 0 Å². The van der Waals surface area contributed by atoms with Crippen molar-refractivity contribution in [2.45, 2.75) is 31.1 Å². The quantitative estimate of drug-likeness (QED) is 0.506. The molecule has 0 spiro atoms. The van der Waals surface area contributed by atoms with E-state index in [2.05, 4.69) is 41.5 Å². The molecule has 0 bridgehead atoms. The first-order valence-electron chi connectivity index (χ1n) is 11.7. The van der Waals surface area contributed by atoms with Crippen LogP contribution in [0, 0.1) is 6.92 Å². The minimum Gasteiger partial charge on any atom is -0.497 e. The van der Waals surface area contributed by atoms with Crippen molar-refractivity contribution in [3.63, 3.8) is 0 Å². The summed E-state index contributed by atoms with van der Waals surface area (Å²) in [4.78, 5) is 29.8. The Kier molecular flexibility index (Phi) is 6.86. The Hall–Kier alpha value is -3.91. The van der Waals surface area contributed by atoms with Gasteiger partial charge in [0, 0.05) is 24.6 Å². The highest BCUT2D eigenvalue weighted by atomic mass is 32.2. The van der Waals surface area contributed by atoms with Gasteiger partial charge in [-0.2, -0.15) is 10.1 Å². The topological polar surface area (TPSA) is 83.4 Å². The standard InChI is InChI=1S/C28H26N4O3S/c1-18-11-13-20(14-12-18)24-16-23(19-7-4-3-5-8-19)31-32(24)28-30-27(34)25(36-28)17-26(33)29-21-9-6-10-22(15-21)35-2/h3-15,24-25H,16-17H2,1-2H3,(H,29,33)/t24-,25+/m1/s1. The number of rotatable bonds is 6. The number of anilines is 1. The fourth-order valence-corrected chi connectivity index (χ4v) is 5.29. The number of carbonyl (C=O) groups is 2. The molecule has 2 aliphatic heterocycles. The largest absolute Gasteiger partial charge is 0.497 e. The zero-order valence-corrected chi connectivity index (χ0v) is 20.9. The van der Waals surface area contributed by atoms with E-state index in [1.807, 2.05) is 35.3 Å². The zero-order chi connectivity index (χ0) is 25.1. The Morgan fingerprint density at radius 1 is 1.08 bits per heavy atom. The molecule has 182 valence electrons. The number of nitrogens with zero attached hydrogens (tertiary/aromatic N) is 3. The molecule has 0 radical (unpaired) electrons. The second kappa shape index (κ2) is 10.4. The van der Waals surface area contributed by atoms with Gasteiger partial charge in [0.25, 0.3) is 5.91 Å². The first-order chi connectivity index (χ1) is 17.5. The Morgan fingerprint density at radius 3 is 2.61 bits per heavy atom. The third-order valence-electron chi connectivity index (χ3n) is 6.13. The molecule has 36 heavy (non-hydrogen) atoms. The van der Waals surface area contributed by atoms with Gasteiger partial charge in [0.1, 0.15) is 11.0 Å². The van der Waals surface area contributed by atoms with Crippen LogP contribution < -0.4 is 10.1 Å². The lowest BCUT2D eigenvalue weighted by molar-refractivity contribution is -0.121. The summed E-state index contributed by atoms with van der Waals surface area (Å²) in [7, 11) is 1.57. The molecule has 2 atom stereocenters. The zero-order valence-electron chi connectivity index (χ0n) is 20.0. The van der Waals surface area contributed by atoms with Crippen LogP contribution in [-0.4, -0.2) is 40.1 Å². The average molecular weight is 499 g/mol. The van der Waals surface area contributed by atoms with Crippen LogP contribution in [0.3, 0.4) is 0 Å². The molecule has 8 heteroatoms. The molecule has 5 rings (SSSR count). The molecular formula is C28H26N4O3S. The van der Waals surface area contributed by atoms with E-state index in [1.54, 1.807) is 31.4 Å². The van der Waals surface area contributed by atoms with Gasteiger partial charge in [0.2, 0.25) is 5.91 Å². The van der Waals surface area contributed by atoms with Gasteiger partial charge in [0.05, 0.1) is 18.9 Å². The van der Waals surface area contributed by atoms with E-state index < -0.39 is 5.25 Å². The summed E-state index contributed by atoms with van der Waals surface area (Å²) in [5.74, 6) is 0.0744. The van der Waals surface area contributed by atoms with Crippen LogP contribution in [0.5, 0.6) is 5.75 Å². The summed E-state index contributed by atoms with van der Waals surface area (Å²) in [5.41, 5.74) is 4.88. The number of amidine groups is 1. The van der Waals surface area contributed by atoms with Gasteiger partial charge in [-0.05, 0) is 30.2 Å². The maximum Gasteiger partial charge on any atom is 0.262 e. The third-order valence-corrected chi connectivity index (χ3v) is 7.27. The van der Waals surface area contributed by atoms with Gasteiger partial charge in [0.15, 0.2) is 5.17 Å². The van der Waals surface area contributed by atoms with E-state index in [4.69, 9.17) is 9.84 Å². The van der Waals surface area contributed by atoms with Gasteiger partial charge in [-0.1, -0.05) is 78.0 Å². The maximum atomic E-state index is 12.8. The number of aryl methyl sites for hydroxylation is 1. The van der Waals surface area contributed by atoms with Crippen molar-refractivity contribution in [2.24, 2.45) is 10.1 Å². The van der Waals surface area contributed by atoms with Crippen molar-refractivity contribution in [1.29, 1.82) is 0 Å². The molecule has 0 unspecified atom stereocenters. The summed E-state index contributed by atoms with van der Waals surface area (Å²) >= 11 is 1.30. The number of methoxy groups -OCH3 is 1. The molecule has 0 aromatic heterocycles. The normalized spacial score (nSPS) is 19.2. The van der Waals surface area contributed by atoms with Crippen LogP contribution in [0.15, 0.2) is 89.0 Å². The number of hydrogen-bond acceptors (Lipinski definition) is 6. The monoisotopic (exact) mass is 498 g/mol. The van der Waals surface area contributed by atoms with E-state index in [1.165, 1.54) is 17.3 Å². The fraction of sp³-hybridized carbons (Fsp3) is 0.214. The van der Waals surface area contributed by atoms with E-state index in [9.17, 15) is 9.59 Å². The molecule has 0 saturated carbocycles. The Balaban J connectivity index is 1.33. The van der Waals surface area contributed by atoms with Crippen LogP contribution in [0.2, 0.25) is 0 Å². The Morgan fingerprint density at radius 2 is 1.86 bits per heavy atom. The second-order valence-corrected chi connectivity index (χ2v) is 9.88. The first-order valence-corrected chi connectivity index (χ1v) is 12.6. The highest BCUT2D eigenvalue weighted by molar-refractivity contribution is 8.15. The van der Waals surface area contributed by atoms with Crippen molar-refractivity contribution in [2.75, 3.05) is 12.4 Å². The third kappa shape index (κ3) is 5.18. The van der Waals surface area contributed by atoms with Crippen molar-refractivity contribution < 1.29 is 14.3 Å². The summed E-state index contributed by atoms with van der Waals surface area (Å²) in [6.07, 6.45) is 0.716. The molecule has 1 N–H and O–H groups in total. The van der Waals surface area contributed by atoms with Crippen LogP contribution in [0.4, 0.5) is 5.69 Å². The smallest absolute Gasteiger partial charge is 0.262 e. The highest BCUT2D eigenvalue weighted by Crippen LogP contribution is 2.38. The number of nitrogens with one attached hydrogen (secondary N) is 1. The summed E-state index contributed by atoms with van der Waals surface area (Å²) in [6, 6.07) is 25.4. The first kappa shape index (κ1) is 23.8. The predicted molar refractivity (Wildman–Crippen MR) is 143 cm³/mol. The van der Waals surface area contributed by atoms with Crippen molar-refractivity contribution in [3.05, 3.63) is 95.6 Å². The SMILES string of the molecule is COc1cccc(NC(=O)C[C@@H]2SC(N3N=C(c4ccccc4)C[C@@H]3c3ccc(C)cc3)=NC2=O)c1. The minimum atomic E-state index is -0.597. The van der Waals surface area contributed by atoms with Crippen molar-refractivity contribution in [3.8, 4) is 5.75 Å². The van der Waals surface area contributed by atoms with Crippen molar-refractivity contribution in [1.82, 2.24) is 5.01 Å². The number of ether oxygens (including phenoxy) is 1. The number of amides is 2. The van der Waals surface area contributed by atoms with Gasteiger partial charge < -0.3 is 10.1 Å². The maximum absolute atomic E-state index is 12.8. The molecule has 2 aliphatic rings.